The summed E-state index contributed by atoms with van der Waals surface area (Å²) in [6.07, 6.45) is 21.6. The van der Waals surface area contributed by atoms with Crippen LogP contribution >= 0.6 is 0 Å². The Balaban J connectivity index is 2.29. The summed E-state index contributed by atoms with van der Waals surface area (Å²) >= 11 is 0. The summed E-state index contributed by atoms with van der Waals surface area (Å²) in [5.74, 6) is 1.01. The van der Waals surface area contributed by atoms with Gasteiger partial charge in [0.05, 0.1) is 0 Å². The van der Waals surface area contributed by atoms with Crippen LogP contribution < -0.4 is 0 Å². The second kappa shape index (κ2) is 14.3. The van der Waals surface area contributed by atoms with Crippen LogP contribution in [0.15, 0.2) is 0 Å². The second-order valence-electron chi connectivity index (χ2n) is 8.00. The average Bonchev–Trinajstić information content (AvgIpc) is 3.02. The van der Waals surface area contributed by atoms with Crippen molar-refractivity contribution in [3.05, 3.63) is 0 Å². The molecule has 0 spiro atoms. The van der Waals surface area contributed by atoms with Gasteiger partial charge in [0, 0.05) is 12.6 Å². The van der Waals surface area contributed by atoms with Crippen molar-refractivity contribution in [2.45, 2.75) is 123 Å². The van der Waals surface area contributed by atoms with Gasteiger partial charge in [0.2, 0.25) is 0 Å². The molecular formula is C22H45N. The summed E-state index contributed by atoms with van der Waals surface area (Å²) in [5, 5.41) is 0. The molecule has 0 aliphatic carbocycles. The van der Waals surface area contributed by atoms with Crippen LogP contribution in [0, 0.1) is 5.92 Å². The molecule has 1 rings (SSSR count). The first-order valence-corrected chi connectivity index (χ1v) is 11.1. The number of hydrogen-bond acceptors (Lipinski definition) is 1. The number of hydrogen-bond donors (Lipinski definition) is 0. The predicted molar refractivity (Wildman–Crippen MR) is 105 cm³/mol. The normalized spacial score (nSPS) is 20.2. The molecule has 0 aromatic heterocycles. The van der Waals surface area contributed by atoms with E-state index in [1.54, 1.807) is 0 Å². The van der Waals surface area contributed by atoms with Gasteiger partial charge in [-0.15, -0.1) is 0 Å². The fraction of sp³-hybridized carbons (Fsp3) is 1.00. The molecule has 0 saturated carbocycles. The largest absolute Gasteiger partial charge is 0.300 e. The van der Waals surface area contributed by atoms with Crippen LogP contribution in [-0.2, 0) is 0 Å². The molecule has 1 heteroatoms. The molecule has 1 aliphatic heterocycles. The van der Waals surface area contributed by atoms with E-state index in [2.05, 4.69) is 25.7 Å². The van der Waals surface area contributed by atoms with E-state index in [1.165, 1.54) is 109 Å². The molecule has 138 valence electrons. The smallest absolute Gasteiger partial charge is 0.00953 e. The number of rotatable bonds is 15. The summed E-state index contributed by atoms with van der Waals surface area (Å²) in [4.78, 5) is 2.88. The van der Waals surface area contributed by atoms with Gasteiger partial charge in [0.1, 0.15) is 0 Å². The van der Waals surface area contributed by atoms with Crippen molar-refractivity contribution in [3.63, 3.8) is 0 Å². The zero-order chi connectivity index (χ0) is 16.8. The number of likely N-dealkylation sites (tertiary alicyclic amines) is 1. The highest BCUT2D eigenvalue weighted by atomic mass is 15.2. The van der Waals surface area contributed by atoms with E-state index in [0.29, 0.717) is 0 Å². The van der Waals surface area contributed by atoms with Crippen LogP contribution in [0.3, 0.4) is 0 Å². The minimum atomic E-state index is 0.902. The predicted octanol–water partition coefficient (Wildman–Crippen LogP) is 7.20. The lowest BCUT2D eigenvalue weighted by Gasteiger charge is -2.28. The quantitative estimate of drug-likeness (QED) is 0.288. The summed E-state index contributed by atoms with van der Waals surface area (Å²) in [6, 6.07) is 0.902. The van der Waals surface area contributed by atoms with Crippen LogP contribution in [0.4, 0.5) is 0 Å². The lowest BCUT2D eigenvalue weighted by molar-refractivity contribution is 0.201. The Morgan fingerprint density at radius 1 is 0.739 bits per heavy atom. The van der Waals surface area contributed by atoms with Crippen molar-refractivity contribution in [3.8, 4) is 0 Å². The standard InChI is InChI=1S/C22H45N/c1-4-7-10-11-14-17-22(16-13-9-6-3)23-19-18-21(20-23)15-12-8-5-2/h21-22H,4-20H2,1-3H3. The first-order chi connectivity index (χ1) is 11.3. The van der Waals surface area contributed by atoms with E-state index in [-0.39, 0.29) is 0 Å². The topological polar surface area (TPSA) is 3.24 Å². The van der Waals surface area contributed by atoms with E-state index in [9.17, 15) is 0 Å². The Labute approximate surface area is 147 Å². The monoisotopic (exact) mass is 323 g/mol. The van der Waals surface area contributed by atoms with Gasteiger partial charge in [-0.2, -0.15) is 0 Å². The fourth-order valence-corrected chi connectivity index (χ4v) is 4.24. The van der Waals surface area contributed by atoms with E-state index in [4.69, 9.17) is 0 Å². The maximum Gasteiger partial charge on any atom is 0.00953 e. The van der Waals surface area contributed by atoms with Crippen LogP contribution in [-0.4, -0.2) is 24.0 Å². The third-order valence-electron chi connectivity index (χ3n) is 5.83. The van der Waals surface area contributed by atoms with E-state index < -0.39 is 0 Å². The van der Waals surface area contributed by atoms with Crippen molar-refractivity contribution in [1.29, 1.82) is 0 Å². The van der Waals surface area contributed by atoms with E-state index in [1.807, 2.05) is 0 Å². The first kappa shape index (κ1) is 21.0. The highest BCUT2D eigenvalue weighted by Crippen LogP contribution is 2.27. The molecule has 1 heterocycles. The van der Waals surface area contributed by atoms with Crippen molar-refractivity contribution in [2.24, 2.45) is 5.92 Å². The van der Waals surface area contributed by atoms with Crippen LogP contribution in [0.5, 0.6) is 0 Å². The summed E-state index contributed by atoms with van der Waals surface area (Å²) in [7, 11) is 0. The molecular weight excluding hydrogens is 278 g/mol. The Hall–Kier alpha value is -0.0400. The van der Waals surface area contributed by atoms with Crippen molar-refractivity contribution in [1.82, 2.24) is 4.90 Å². The van der Waals surface area contributed by atoms with Crippen LogP contribution in [0.1, 0.15) is 117 Å². The SMILES string of the molecule is CCCCCCCC(CCCCC)N1CCC(CCCCC)C1. The molecule has 1 nitrogen and oxygen atoms in total. The maximum atomic E-state index is 2.88. The molecule has 1 fully saturated rings. The minimum Gasteiger partial charge on any atom is -0.300 e. The molecule has 2 atom stereocenters. The van der Waals surface area contributed by atoms with E-state index in [0.717, 1.165) is 12.0 Å². The lowest BCUT2D eigenvalue weighted by Crippen LogP contribution is -2.33. The number of unbranched alkanes of at least 4 members (excludes halogenated alkanes) is 8. The fourth-order valence-electron chi connectivity index (χ4n) is 4.24. The van der Waals surface area contributed by atoms with Gasteiger partial charge in [-0.05, 0) is 38.1 Å². The van der Waals surface area contributed by atoms with Crippen LogP contribution in [0.25, 0.3) is 0 Å². The zero-order valence-electron chi connectivity index (χ0n) is 16.6. The molecule has 0 aromatic rings. The molecule has 2 unspecified atom stereocenters. The van der Waals surface area contributed by atoms with Crippen molar-refractivity contribution < 1.29 is 0 Å². The Kier molecular flexibility index (Phi) is 13.1. The summed E-state index contributed by atoms with van der Waals surface area (Å²) in [5.41, 5.74) is 0. The van der Waals surface area contributed by atoms with Gasteiger partial charge < -0.3 is 4.90 Å². The van der Waals surface area contributed by atoms with Gasteiger partial charge in [-0.3, -0.25) is 0 Å². The van der Waals surface area contributed by atoms with Gasteiger partial charge in [-0.1, -0.05) is 91.4 Å². The van der Waals surface area contributed by atoms with Crippen molar-refractivity contribution >= 4 is 0 Å². The average molecular weight is 324 g/mol. The third-order valence-corrected chi connectivity index (χ3v) is 5.83. The lowest BCUT2D eigenvalue weighted by atomic mass is 9.99. The van der Waals surface area contributed by atoms with Gasteiger partial charge in [0.25, 0.3) is 0 Å². The van der Waals surface area contributed by atoms with E-state index >= 15 is 0 Å². The van der Waals surface area contributed by atoms with Gasteiger partial charge in [0.15, 0.2) is 0 Å². The molecule has 0 radical (unpaired) electrons. The van der Waals surface area contributed by atoms with Gasteiger partial charge in [-0.25, -0.2) is 0 Å². The minimum absolute atomic E-state index is 0.902. The van der Waals surface area contributed by atoms with Crippen LogP contribution in [0.2, 0.25) is 0 Å². The maximum absolute atomic E-state index is 2.88. The first-order valence-electron chi connectivity index (χ1n) is 11.1. The van der Waals surface area contributed by atoms with Gasteiger partial charge >= 0.3 is 0 Å². The molecule has 0 N–H and O–H groups in total. The summed E-state index contributed by atoms with van der Waals surface area (Å²) in [6.45, 7) is 9.77. The molecule has 0 aromatic carbocycles. The highest BCUT2D eigenvalue weighted by Gasteiger charge is 2.27. The molecule has 0 amide bonds. The molecule has 23 heavy (non-hydrogen) atoms. The third kappa shape index (κ3) is 9.75. The zero-order valence-corrected chi connectivity index (χ0v) is 16.6. The summed E-state index contributed by atoms with van der Waals surface area (Å²) < 4.78 is 0. The Morgan fingerprint density at radius 2 is 1.30 bits per heavy atom. The molecule has 1 saturated heterocycles. The second-order valence-corrected chi connectivity index (χ2v) is 8.00. The Bertz CT molecular complexity index is 250. The van der Waals surface area contributed by atoms with Crippen molar-refractivity contribution in [2.75, 3.05) is 13.1 Å². The molecule has 0 bridgehead atoms. The number of nitrogens with zero attached hydrogens (tertiary/aromatic N) is 1. The molecule has 1 aliphatic rings. The highest BCUT2D eigenvalue weighted by molar-refractivity contribution is 4.81. The Morgan fingerprint density at radius 3 is 2.00 bits per heavy atom.